The van der Waals surface area contributed by atoms with Gasteiger partial charge in [0, 0.05) is 50.1 Å². The highest BCUT2D eigenvalue weighted by atomic mass is 16.1. The summed E-state index contributed by atoms with van der Waals surface area (Å²) in [6.07, 6.45) is 5.84. The first-order chi connectivity index (χ1) is 14.9. The Balaban J connectivity index is 1.62. The highest BCUT2D eigenvalue weighted by Crippen LogP contribution is 2.30. The van der Waals surface area contributed by atoms with Crippen molar-refractivity contribution in [3.8, 4) is 0 Å². The van der Waals surface area contributed by atoms with E-state index in [1.54, 1.807) is 7.05 Å². The fraction of sp³-hybridized carbons (Fsp3) is 0.400. The zero-order valence-electron chi connectivity index (χ0n) is 18.7. The number of ketones is 1. The van der Waals surface area contributed by atoms with E-state index in [1.807, 2.05) is 42.2 Å². The van der Waals surface area contributed by atoms with Crippen molar-refractivity contribution in [3.63, 3.8) is 0 Å². The molecule has 1 heterocycles. The fourth-order valence-corrected chi connectivity index (χ4v) is 4.30. The number of allylic oxidation sites excluding steroid dienone is 5. The summed E-state index contributed by atoms with van der Waals surface area (Å²) in [4.78, 5) is 29.1. The Morgan fingerprint density at radius 3 is 2.39 bits per heavy atom. The topological polar surface area (TPSA) is 76.5 Å². The van der Waals surface area contributed by atoms with E-state index in [9.17, 15) is 9.59 Å². The van der Waals surface area contributed by atoms with Crippen molar-refractivity contribution < 1.29 is 9.59 Å². The van der Waals surface area contributed by atoms with Crippen LogP contribution in [0, 0.1) is 11.3 Å². The van der Waals surface area contributed by atoms with Gasteiger partial charge in [0.05, 0.1) is 5.70 Å². The number of rotatable bonds is 7. The van der Waals surface area contributed by atoms with Crippen molar-refractivity contribution >= 4 is 23.1 Å². The molecule has 6 nitrogen and oxygen atoms in total. The van der Waals surface area contributed by atoms with Gasteiger partial charge in [0.2, 0.25) is 5.78 Å². The summed E-state index contributed by atoms with van der Waals surface area (Å²) in [5.74, 6) is -0.105. The van der Waals surface area contributed by atoms with Gasteiger partial charge in [-0.25, -0.2) is 0 Å². The van der Waals surface area contributed by atoms with Crippen LogP contribution in [0.15, 0.2) is 59.8 Å². The van der Waals surface area contributed by atoms with Gasteiger partial charge in [-0.15, -0.1) is 0 Å². The van der Waals surface area contributed by atoms with E-state index in [2.05, 4.69) is 29.8 Å². The third-order valence-electron chi connectivity index (χ3n) is 6.26. The van der Waals surface area contributed by atoms with Crippen LogP contribution in [0.2, 0.25) is 0 Å². The number of nitrogens with one attached hydrogen (secondary N) is 2. The molecule has 1 saturated heterocycles. The summed E-state index contributed by atoms with van der Waals surface area (Å²) < 4.78 is 0. The molecule has 2 aliphatic rings. The van der Waals surface area contributed by atoms with Gasteiger partial charge < -0.3 is 15.1 Å². The average Bonchev–Trinajstić information content (AvgIpc) is 2.82. The fourth-order valence-electron chi connectivity index (χ4n) is 4.30. The molecule has 164 valence electrons. The second kappa shape index (κ2) is 9.77. The lowest BCUT2D eigenvalue weighted by Gasteiger charge is -2.38. The van der Waals surface area contributed by atoms with Crippen LogP contribution in [0.4, 0.5) is 5.69 Å². The molecule has 1 aromatic rings. The van der Waals surface area contributed by atoms with Crippen molar-refractivity contribution in [2.24, 2.45) is 5.92 Å². The molecule has 1 fully saturated rings. The first-order valence-electron chi connectivity index (χ1n) is 10.9. The van der Waals surface area contributed by atoms with Crippen molar-refractivity contribution in [1.29, 1.82) is 5.41 Å². The molecular weight excluding hydrogens is 388 g/mol. The van der Waals surface area contributed by atoms with Crippen LogP contribution < -0.4 is 10.2 Å². The molecule has 0 aromatic heterocycles. The van der Waals surface area contributed by atoms with E-state index in [1.165, 1.54) is 0 Å². The predicted molar refractivity (Wildman–Crippen MR) is 126 cm³/mol. The monoisotopic (exact) mass is 420 g/mol. The van der Waals surface area contributed by atoms with Gasteiger partial charge in [-0.2, -0.15) is 0 Å². The molecule has 1 amide bonds. The molecule has 31 heavy (non-hydrogen) atoms. The Kier molecular flexibility index (Phi) is 7.10. The third-order valence-corrected chi connectivity index (χ3v) is 6.26. The number of benzene rings is 1. The van der Waals surface area contributed by atoms with Crippen molar-refractivity contribution in [2.45, 2.75) is 26.7 Å². The summed E-state index contributed by atoms with van der Waals surface area (Å²) in [5.41, 5.74) is 3.94. The molecule has 0 bridgehead atoms. The van der Waals surface area contributed by atoms with Crippen molar-refractivity contribution in [3.05, 3.63) is 65.4 Å². The maximum atomic E-state index is 13.1. The van der Waals surface area contributed by atoms with E-state index >= 15 is 0 Å². The summed E-state index contributed by atoms with van der Waals surface area (Å²) in [7, 11) is 1.62. The maximum absolute atomic E-state index is 13.1. The Bertz CT molecular complexity index is 935. The number of carbonyl (C=O) groups excluding carboxylic acids is 2. The number of carbonyl (C=O) groups is 2. The van der Waals surface area contributed by atoms with Crippen LogP contribution in [0.1, 0.15) is 37.0 Å². The minimum atomic E-state index is -0.189. The van der Waals surface area contributed by atoms with Crippen LogP contribution in [-0.2, 0) is 4.79 Å². The van der Waals surface area contributed by atoms with Gasteiger partial charge in [-0.05, 0) is 55.5 Å². The smallest absolute Gasteiger partial charge is 0.251 e. The molecular formula is C25H32N4O2. The van der Waals surface area contributed by atoms with Crippen molar-refractivity contribution in [2.75, 3.05) is 38.1 Å². The van der Waals surface area contributed by atoms with E-state index in [0.29, 0.717) is 24.4 Å². The standard InChI is InChI=1S/C25H32N4O2/c1-5-19-8-6-7-17(2)22(19)24(30)23(26)18(3)28-13-15-29(16-14-28)21-11-9-20(10-12-21)25(31)27-4/h6-7,9-12,19,26H,3,5,8,13-16H2,1-2,4H3,(H,27,31). The predicted octanol–water partition coefficient (Wildman–Crippen LogP) is 3.57. The number of hydrogen-bond acceptors (Lipinski definition) is 5. The molecule has 1 aliphatic carbocycles. The second-order valence-corrected chi connectivity index (χ2v) is 8.09. The molecule has 0 spiro atoms. The SMILES string of the molecule is C=C(C(=N)C(=O)C1=C(C)C=CCC1CC)N1CCN(c2ccc(C(=O)NC)cc2)CC1. The Morgan fingerprint density at radius 1 is 1.16 bits per heavy atom. The summed E-state index contributed by atoms with van der Waals surface area (Å²) in [6, 6.07) is 7.56. The second-order valence-electron chi connectivity index (χ2n) is 8.09. The minimum absolute atomic E-state index is 0.00600. The Labute approximate surface area is 184 Å². The van der Waals surface area contributed by atoms with Gasteiger partial charge >= 0.3 is 0 Å². The highest BCUT2D eigenvalue weighted by molar-refractivity contribution is 6.50. The van der Waals surface area contributed by atoms with Crippen LogP contribution in [0.25, 0.3) is 0 Å². The zero-order chi connectivity index (χ0) is 22.5. The lowest BCUT2D eigenvalue weighted by atomic mass is 9.82. The zero-order valence-corrected chi connectivity index (χ0v) is 18.7. The molecule has 6 heteroatoms. The molecule has 1 unspecified atom stereocenters. The summed E-state index contributed by atoms with van der Waals surface area (Å²) in [5, 5.41) is 11.2. The average molecular weight is 421 g/mol. The number of anilines is 1. The minimum Gasteiger partial charge on any atom is -0.368 e. The number of nitrogens with zero attached hydrogens (tertiary/aromatic N) is 2. The van der Waals surface area contributed by atoms with Gasteiger partial charge in [0.15, 0.2) is 0 Å². The van der Waals surface area contributed by atoms with Crippen LogP contribution in [0.3, 0.4) is 0 Å². The lowest BCUT2D eigenvalue weighted by molar-refractivity contribution is -0.110. The quantitative estimate of drug-likeness (QED) is 0.661. The third kappa shape index (κ3) is 4.79. The molecule has 0 saturated carbocycles. The Morgan fingerprint density at radius 2 is 1.81 bits per heavy atom. The van der Waals surface area contributed by atoms with Gasteiger partial charge in [-0.3, -0.25) is 15.0 Å². The van der Waals surface area contributed by atoms with E-state index in [4.69, 9.17) is 5.41 Å². The lowest BCUT2D eigenvalue weighted by Crippen LogP contribution is -2.47. The van der Waals surface area contributed by atoms with Gasteiger partial charge in [0.1, 0.15) is 5.71 Å². The van der Waals surface area contributed by atoms with Gasteiger partial charge in [0.25, 0.3) is 5.91 Å². The molecule has 3 rings (SSSR count). The van der Waals surface area contributed by atoms with Gasteiger partial charge in [-0.1, -0.05) is 25.7 Å². The molecule has 2 N–H and O–H groups in total. The molecule has 1 aliphatic heterocycles. The van der Waals surface area contributed by atoms with E-state index in [0.717, 1.165) is 42.8 Å². The molecule has 1 atom stereocenters. The number of piperazine rings is 1. The van der Waals surface area contributed by atoms with Crippen LogP contribution in [0.5, 0.6) is 0 Å². The normalized spacial score (nSPS) is 18.7. The Hall–Kier alpha value is -3.15. The van der Waals surface area contributed by atoms with Crippen molar-refractivity contribution in [1.82, 2.24) is 10.2 Å². The van der Waals surface area contributed by atoms with E-state index < -0.39 is 0 Å². The summed E-state index contributed by atoms with van der Waals surface area (Å²) >= 11 is 0. The largest absolute Gasteiger partial charge is 0.368 e. The van der Waals surface area contributed by atoms with E-state index in [-0.39, 0.29) is 23.3 Å². The highest BCUT2D eigenvalue weighted by Gasteiger charge is 2.29. The van der Waals surface area contributed by atoms with Crippen LogP contribution in [-0.4, -0.2) is 55.5 Å². The number of hydrogen-bond donors (Lipinski definition) is 2. The first kappa shape index (κ1) is 22.5. The maximum Gasteiger partial charge on any atom is 0.251 e. The number of amides is 1. The first-order valence-corrected chi connectivity index (χ1v) is 10.9. The number of Topliss-reactive ketones (excluding diaryl/α,β-unsaturated/α-hetero) is 1. The van der Waals surface area contributed by atoms with Crippen LogP contribution >= 0.6 is 0 Å². The summed E-state index contributed by atoms with van der Waals surface area (Å²) in [6.45, 7) is 11.0. The molecule has 1 aromatic carbocycles. The molecule has 0 radical (unpaired) electrons.